The van der Waals surface area contributed by atoms with E-state index in [4.69, 9.17) is 0 Å². The molecule has 1 rings (SSSR count). The first kappa shape index (κ1) is 16.6. The number of rotatable bonds is 4. The van der Waals surface area contributed by atoms with Gasteiger partial charge in [-0.15, -0.1) is 0 Å². The first-order valence-corrected chi connectivity index (χ1v) is 6.77. The number of methoxy groups -OCH3 is 2. The smallest absolute Gasteiger partial charge is 0.354 e. The molecule has 0 unspecified atom stereocenters. The zero-order valence-electron chi connectivity index (χ0n) is 10.5. The Bertz CT molecular complexity index is 575. The van der Waals surface area contributed by atoms with Crippen LogP contribution < -0.4 is 5.32 Å². The Balaban J connectivity index is 3.14. The molecular formula is C12H10Br2FNO4. The van der Waals surface area contributed by atoms with Gasteiger partial charge < -0.3 is 14.8 Å². The molecule has 0 amide bonds. The molecule has 0 saturated heterocycles. The van der Waals surface area contributed by atoms with Crippen LogP contribution in [0.15, 0.2) is 32.9 Å². The number of esters is 2. The van der Waals surface area contributed by atoms with Crippen molar-refractivity contribution in [1.29, 1.82) is 0 Å². The maximum Gasteiger partial charge on any atom is 0.354 e. The lowest BCUT2D eigenvalue weighted by Crippen LogP contribution is -2.16. The second-order valence-electron chi connectivity index (χ2n) is 3.42. The molecule has 0 saturated carbocycles. The number of anilines is 1. The van der Waals surface area contributed by atoms with E-state index in [0.29, 0.717) is 4.47 Å². The van der Waals surface area contributed by atoms with E-state index in [-0.39, 0.29) is 15.9 Å². The van der Waals surface area contributed by atoms with E-state index in [1.54, 1.807) is 6.07 Å². The number of benzene rings is 1. The van der Waals surface area contributed by atoms with Gasteiger partial charge in [0.2, 0.25) is 0 Å². The minimum atomic E-state index is -0.825. The molecule has 0 aliphatic rings. The lowest BCUT2D eigenvalue weighted by atomic mass is 10.3. The van der Waals surface area contributed by atoms with Gasteiger partial charge in [-0.3, -0.25) is 0 Å². The number of carbonyl (C=O) groups excluding carboxylic acids is 2. The summed E-state index contributed by atoms with van der Waals surface area (Å²) in [6.45, 7) is 0. The molecule has 0 aromatic heterocycles. The molecule has 0 atom stereocenters. The molecule has 20 heavy (non-hydrogen) atoms. The second kappa shape index (κ2) is 7.39. The molecule has 0 bridgehead atoms. The van der Waals surface area contributed by atoms with Crippen molar-refractivity contribution < 1.29 is 23.5 Å². The van der Waals surface area contributed by atoms with Gasteiger partial charge in [-0.1, -0.05) is 0 Å². The average Bonchev–Trinajstić information content (AvgIpc) is 2.45. The largest absolute Gasteiger partial charge is 0.466 e. The van der Waals surface area contributed by atoms with Gasteiger partial charge in [0.1, 0.15) is 5.70 Å². The van der Waals surface area contributed by atoms with E-state index in [9.17, 15) is 14.0 Å². The summed E-state index contributed by atoms with van der Waals surface area (Å²) in [5.74, 6) is -2.22. The Morgan fingerprint density at radius 3 is 2.45 bits per heavy atom. The minimum absolute atomic E-state index is 0.000582. The molecule has 1 N–H and O–H groups in total. The first-order chi connectivity index (χ1) is 9.40. The molecule has 5 nitrogen and oxygen atoms in total. The van der Waals surface area contributed by atoms with Crippen LogP contribution in [0, 0.1) is 5.82 Å². The third-order valence-electron chi connectivity index (χ3n) is 2.17. The van der Waals surface area contributed by atoms with Gasteiger partial charge >= 0.3 is 11.9 Å². The fraction of sp³-hybridized carbons (Fsp3) is 0.167. The Kier molecular flexibility index (Phi) is 6.15. The van der Waals surface area contributed by atoms with Crippen molar-refractivity contribution in [1.82, 2.24) is 0 Å². The van der Waals surface area contributed by atoms with Crippen molar-refractivity contribution >= 4 is 49.5 Å². The number of carbonyl (C=O) groups is 2. The van der Waals surface area contributed by atoms with Gasteiger partial charge in [0, 0.05) is 4.47 Å². The van der Waals surface area contributed by atoms with E-state index in [0.717, 1.165) is 20.3 Å². The fourth-order valence-electron chi connectivity index (χ4n) is 1.20. The highest BCUT2D eigenvalue weighted by Crippen LogP contribution is 2.31. The van der Waals surface area contributed by atoms with Crippen LogP contribution >= 0.6 is 31.9 Å². The standard InChI is InChI=1S/C12H10Br2FNO4/c1-19-9(17)5-8(12(18)20-2)16-7-4-3-6(13)10(14)11(7)15/h3-5,16H,1-2H3/b8-5+. The van der Waals surface area contributed by atoms with Crippen molar-refractivity contribution in [2.45, 2.75) is 0 Å². The van der Waals surface area contributed by atoms with Crippen molar-refractivity contribution in [3.05, 3.63) is 38.7 Å². The molecule has 0 spiro atoms. The molecule has 0 fully saturated rings. The third kappa shape index (κ3) is 4.04. The van der Waals surface area contributed by atoms with Gasteiger partial charge in [0.25, 0.3) is 0 Å². The van der Waals surface area contributed by atoms with E-state index >= 15 is 0 Å². The molecule has 0 heterocycles. The number of hydrogen-bond acceptors (Lipinski definition) is 5. The fourth-order valence-corrected chi connectivity index (χ4v) is 1.85. The SMILES string of the molecule is COC(=O)/C=C(/Nc1ccc(Br)c(Br)c1F)C(=O)OC. The lowest BCUT2D eigenvalue weighted by molar-refractivity contribution is -0.138. The second-order valence-corrected chi connectivity index (χ2v) is 5.07. The van der Waals surface area contributed by atoms with Crippen molar-refractivity contribution in [2.75, 3.05) is 19.5 Å². The van der Waals surface area contributed by atoms with E-state index in [1.807, 2.05) is 0 Å². The summed E-state index contributed by atoms with van der Waals surface area (Å²) < 4.78 is 23.6. The van der Waals surface area contributed by atoms with Gasteiger partial charge in [-0.05, 0) is 44.0 Å². The lowest BCUT2D eigenvalue weighted by Gasteiger charge is -2.11. The van der Waals surface area contributed by atoms with Gasteiger partial charge in [-0.25, -0.2) is 14.0 Å². The van der Waals surface area contributed by atoms with E-state index < -0.39 is 17.8 Å². The predicted molar refractivity (Wildman–Crippen MR) is 77.5 cm³/mol. The molecule has 0 aliphatic heterocycles. The van der Waals surface area contributed by atoms with Crippen LogP contribution in [0.3, 0.4) is 0 Å². The van der Waals surface area contributed by atoms with Crippen LogP contribution in [-0.2, 0) is 19.1 Å². The van der Waals surface area contributed by atoms with Crippen LogP contribution in [-0.4, -0.2) is 26.2 Å². The summed E-state index contributed by atoms with van der Waals surface area (Å²) >= 11 is 6.19. The Morgan fingerprint density at radius 1 is 1.25 bits per heavy atom. The molecular weight excluding hydrogens is 401 g/mol. The summed E-state index contributed by atoms with van der Waals surface area (Å²) in [4.78, 5) is 22.7. The summed E-state index contributed by atoms with van der Waals surface area (Å²) in [6, 6.07) is 2.97. The van der Waals surface area contributed by atoms with Gasteiger partial charge in [0.05, 0.1) is 30.5 Å². The van der Waals surface area contributed by atoms with Gasteiger partial charge in [0.15, 0.2) is 5.82 Å². The molecule has 108 valence electrons. The Labute approximate surface area is 131 Å². The summed E-state index contributed by atoms with van der Waals surface area (Å²) in [5, 5.41) is 2.49. The van der Waals surface area contributed by atoms with E-state index in [2.05, 4.69) is 46.7 Å². The monoisotopic (exact) mass is 409 g/mol. The average molecular weight is 411 g/mol. The topological polar surface area (TPSA) is 64.6 Å². The Hall–Kier alpha value is -1.41. The summed E-state index contributed by atoms with van der Waals surface area (Å²) in [7, 11) is 2.30. The molecule has 0 aliphatic carbocycles. The number of ether oxygens (including phenoxy) is 2. The van der Waals surface area contributed by atoms with Crippen LogP contribution in [0.2, 0.25) is 0 Å². The molecule has 1 aromatic carbocycles. The highest BCUT2D eigenvalue weighted by Gasteiger charge is 2.16. The van der Waals surface area contributed by atoms with Crippen LogP contribution in [0.5, 0.6) is 0 Å². The summed E-state index contributed by atoms with van der Waals surface area (Å²) in [5.41, 5.74) is -0.242. The summed E-state index contributed by atoms with van der Waals surface area (Å²) in [6.07, 6.45) is 0.876. The molecule has 8 heteroatoms. The predicted octanol–water partition coefficient (Wildman–Crippen LogP) is 2.99. The Morgan fingerprint density at radius 2 is 1.90 bits per heavy atom. The number of halogens is 3. The van der Waals surface area contributed by atoms with E-state index in [1.165, 1.54) is 6.07 Å². The number of nitrogens with one attached hydrogen (secondary N) is 1. The maximum absolute atomic E-state index is 14.0. The zero-order chi connectivity index (χ0) is 15.3. The molecule has 1 aromatic rings. The van der Waals surface area contributed by atoms with Gasteiger partial charge in [-0.2, -0.15) is 0 Å². The van der Waals surface area contributed by atoms with Crippen molar-refractivity contribution in [3.8, 4) is 0 Å². The molecule has 0 radical (unpaired) electrons. The number of hydrogen-bond donors (Lipinski definition) is 1. The normalized spacial score (nSPS) is 10.9. The van der Waals surface area contributed by atoms with Crippen LogP contribution in [0.4, 0.5) is 10.1 Å². The highest BCUT2D eigenvalue weighted by atomic mass is 79.9. The third-order valence-corrected chi connectivity index (χ3v) is 4.14. The highest BCUT2D eigenvalue weighted by molar-refractivity contribution is 9.13. The quantitative estimate of drug-likeness (QED) is 0.469. The maximum atomic E-state index is 14.0. The first-order valence-electron chi connectivity index (χ1n) is 5.19. The van der Waals surface area contributed by atoms with Crippen LogP contribution in [0.25, 0.3) is 0 Å². The zero-order valence-corrected chi connectivity index (χ0v) is 13.7. The van der Waals surface area contributed by atoms with Crippen molar-refractivity contribution in [3.63, 3.8) is 0 Å². The minimum Gasteiger partial charge on any atom is -0.466 e. The van der Waals surface area contributed by atoms with Crippen molar-refractivity contribution in [2.24, 2.45) is 0 Å². The van der Waals surface area contributed by atoms with Crippen LogP contribution in [0.1, 0.15) is 0 Å².